The summed E-state index contributed by atoms with van der Waals surface area (Å²) in [6.45, 7) is 4.45. The van der Waals surface area contributed by atoms with Gasteiger partial charge in [0.05, 0.1) is 0 Å². The van der Waals surface area contributed by atoms with Gasteiger partial charge in [-0.1, -0.05) is 12.1 Å². The van der Waals surface area contributed by atoms with E-state index in [1.807, 2.05) is 12.1 Å². The van der Waals surface area contributed by atoms with E-state index >= 15 is 0 Å². The molecule has 0 aromatic heterocycles. The smallest absolute Gasteiger partial charge is 0.255 e. The number of hydrogen-bond acceptors (Lipinski definition) is 5. The minimum Gasteiger partial charge on any atom is -0.322 e. The lowest BCUT2D eigenvalue weighted by atomic mass is 10.00. The van der Waals surface area contributed by atoms with Crippen LogP contribution in [0.25, 0.3) is 0 Å². The molecule has 3 unspecified atom stereocenters. The first-order chi connectivity index (χ1) is 13.0. The summed E-state index contributed by atoms with van der Waals surface area (Å²) in [6, 6.07) is 6.41. The van der Waals surface area contributed by atoms with Crippen molar-refractivity contribution in [2.24, 2.45) is 0 Å². The van der Waals surface area contributed by atoms with Gasteiger partial charge >= 0.3 is 0 Å². The maximum atomic E-state index is 12.7. The summed E-state index contributed by atoms with van der Waals surface area (Å²) in [5.74, 6) is -0.749. The highest BCUT2D eigenvalue weighted by molar-refractivity contribution is 6.05. The van der Waals surface area contributed by atoms with E-state index in [1.54, 1.807) is 4.90 Å². The average Bonchev–Trinajstić information content (AvgIpc) is 2.96. The van der Waals surface area contributed by atoms with E-state index in [0.717, 1.165) is 37.1 Å². The largest absolute Gasteiger partial charge is 0.322 e. The molecule has 3 aliphatic rings. The van der Waals surface area contributed by atoms with E-state index in [1.165, 1.54) is 0 Å². The summed E-state index contributed by atoms with van der Waals surface area (Å²) in [4.78, 5) is 37.8. The minimum absolute atomic E-state index is 0.119. The molecule has 3 aliphatic heterocycles. The second-order valence-electron chi connectivity index (χ2n) is 7.85. The summed E-state index contributed by atoms with van der Waals surface area (Å²) in [5, 5.41) is 9.41. The lowest BCUT2D eigenvalue weighted by Gasteiger charge is -2.29. The molecule has 27 heavy (non-hydrogen) atoms. The number of nitrogens with zero attached hydrogens (tertiary/aromatic N) is 1. The van der Waals surface area contributed by atoms with Crippen LogP contribution in [-0.2, 0) is 22.7 Å². The van der Waals surface area contributed by atoms with Crippen molar-refractivity contribution in [3.05, 3.63) is 34.9 Å². The van der Waals surface area contributed by atoms with Gasteiger partial charge in [-0.05, 0) is 49.9 Å². The van der Waals surface area contributed by atoms with E-state index in [2.05, 4.69) is 28.9 Å². The van der Waals surface area contributed by atoms with Gasteiger partial charge in [0.25, 0.3) is 5.91 Å². The lowest BCUT2D eigenvalue weighted by molar-refractivity contribution is -0.136. The molecule has 1 aromatic carbocycles. The molecular formula is C20H26N4O3. The molecule has 2 fully saturated rings. The maximum Gasteiger partial charge on any atom is 0.255 e. The Bertz CT molecular complexity index is 778. The van der Waals surface area contributed by atoms with Gasteiger partial charge in [0.15, 0.2) is 0 Å². The predicted octanol–water partition coefficient (Wildman–Crippen LogP) is 0.678. The molecule has 7 heteroatoms. The zero-order chi connectivity index (χ0) is 19.0. The fourth-order valence-corrected chi connectivity index (χ4v) is 4.32. The molecule has 7 nitrogen and oxygen atoms in total. The second-order valence-corrected chi connectivity index (χ2v) is 7.85. The van der Waals surface area contributed by atoms with Crippen molar-refractivity contribution in [3.63, 3.8) is 0 Å². The molecule has 0 spiro atoms. The van der Waals surface area contributed by atoms with Crippen molar-refractivity contribution in [3.8, 4) is 0 Å². The predicted molar refractivity (Wildman–Crippen MR) is 99.8 cm³/mol. The second kappa shape index (κ2) is 7.40. The Morgan fingerprint density at radius 2 is 2.07 bits per heavy atom. The fraction of sp³-hybridized carbons (Fsp3) is 0.550. The highest BCUT2D eigenvalue weighted by Crippen LogP contribution is 2.28. The third-order valence-corrected chi connectivity index (χ3v) is 5.81. The Balaban J connectivity index is 1.41. The van der Waals surface area contributed by atoms with Crippen LogP contribution in [0.4, 0.5) is 0 Å². The first-order valence-electron chi connectivity index (χ1n) is 9.74. The molecule has 3 heterocycles. The van der Waals surface area contributed by atoms with Gasteiger partial charge in [0.1, 0.15) is 6.04 Å². The van der Waals surface area contributed by atoms with Gasteiger partial charge in [-0.25, -0.2) is 0 Å². The number of piperidine rings is 2. The maximum absolute atomic E-state index is 12.7. The van der Waals surface area contributed by atoms with E-state index < -0.39 is 6.04 Å². The minimum atomic E-state index is -0.555. The van der Waals surface area contributed by atoms with Crippen molar-refractivity contribution in [1.82, 2.24) is 20.9 Å². The van der Waals surface area contributed by atoms with Gasteiger partial charge in [-0.3, -0.25) is 19.7 Å². The number of carbonyl (C=O) groups is 3. The van der Waals surface area contributed by atoms with Crippen LogP contribution in [-0.4, -0.2) is 47.3 Å². The number of imide groups is 1. The Kier molecular flexibility index (Phi) is 4.97. The molecule has 3 atom stereocenters. The van der Waals surface area contributed by atoms with Gasteiger partial charge in [-0.15, -0.1) is 0 Å². The van der Waals surface area contributed by atoms with E-state index in [4.69, 9.17) is 0 Å². The molecule has 4 rings (SSSR count). The van der Waals surface area contributed by atoms with Gasteiger partial charge in [0.2, 0.25) is 11.8 Å². The first kappa shape index (κ1) is 18.1. The van der Waals surface area contributed by atoms with Crippen molar-refractivity contribution in [2.45, 2.75) is 63.8 Å². The average molecular weight is 370 g/mol. The molecule has 144 valence electrons. The van der Waals surface area contributed by atoms with Crippen molar-refractivity contribution >= 4 is 17.7 Å². The van der Waals surface area contributed by atoms with Crippen LogP contribution >= 0.6 is 0 Å². The molecular weight excluding hydrogens is 344 g/mol. The summed E-state index contributed by atoms with van der Waals surface area (Å²) >= 11 is 0. The topological polar surface area (TPSA) is 90.5 Å². The molecule has 3 N–H and O–H groups in total. The fourth-order valence-electron chi connectivity index (χ4n) is 4.32. The zero-order valence-electron chi connectivity index (χ0n) is 15.6. The number of nitrogens with one attached hydrogen (secondary N) is 3. The molecule has 3 amide bonds. The van der Waals surface area contributed by atoms with Crippen LogP contribution in [0.5, 0.6) is 0 Å². The Hall–Kier alpha value is -2.25. The quantitative estimate of drug-likeness (QED) is 0.678. The number of carbonyl (C=O) groups excluding carboxylic acids is 3. The van der Waals surface area contributed by atoms with Crippen LogP contribution in [0.15, 0.2) is 18.2 Å². The van der Waals surface area contributed by atoms with Crippen LogP contribution in [0.1, 0.15) is 54.1 Å². The normalized spacial score (nSPS) is 28.3. The number of hydrogen-bond donors (Lipinski definition) is 3. The number of amides is 3. The van der Waals surface area contributed by atoms with Gasteiger partial charge in [-0.2, -0.15) is 0 Å². The third-order valence-electron chi connectivity index (χ3n) is 5.81. The SMILES string of the molecule is CC1CC(NCc2ccc3c(c2)CN(C2CCC(=O)NC2=O)C3=O)CCN1. The molecule has 0 radical (unpaired) electrons. The Morgan fingerprint density at radius 1 is 1.22 bits per heavy atom. The van der Waals surface area contributed by atoms with Crippen molar-refractivity contribution < 1.29 is 14.4 Å². The highest BCUT2D eigenvalue weighted by Gasteiger charge is 2.39. The van der Waals surface area contributed by atoms with Crippen molar-refractivity contribution in [2.75, 3.05) is 6.54 Å². The molecule has 0 aliphatic carbocycles. The molecule has 0 saturated carbocycles. The van der Waals surface area contributed by atoms with Gasteiger partial charge < -0.3 is 15.5 Å². The first-order valence-corrected chi connectivity index (χ1v) is 9.74. The van der Waals surface area contributed by atoms with Crippen LogP contribution in [0, 0.1) is 0 Å². The number of rotatable bonds is 4. The summed E-state index contributed by atoms with van der Waals surface area (Å²) in [7, 11) is 0. The Labute approximate surface area is 158 Å². The van der Waals surface area contributed by atoms with Crippen LogP contribution in [0.2, 0.25) is 0 Å². The number of benzene rings is 1. The third kappa shape index (κ3) is 3.75. The van der Waals surface area contributed by atoms with E-state index in [-0.39, 0.29) is 24.1 Å². The summed E-state index contributed by atoms with van der Waals surface area (Å²) < 4.78 is 0. The van der Waals surface area contributed by atoms with Crippen molar-refractivity contribution in [1.29, 1.82) is 0 Å². The lowest BCUT2D eigenvalue weighted by Crippen LogP contribution is -2.52. The molecule has 0 bridgehead atoms. The highest BCUT2D eigenvalue weighted by atomic mass is 16.2. The van der Waals surface area contributed by atoms with E-state index in [0.29, 0.717) is 30.6 Å². The summed E-state index contributed by atoms with van der Waals surface area (Å²) in [5.41, 5.74) is 2.78. The van der Waals surface area contributed by atoms with Crippen LogP contribution in [0.3, 0.4) is 0 Å². The standard InChI is InChI=1S/C20H26N4O3/c1-12-8-15(6-7-21-12)22-10-13-2-3-16-14(9-13)11-24(20(16)27)17-4-5-18(25)23-19(17)26/h2-3,9,12,15,17,21-22H,4-8,10-11H2,1H3,(H,23,25,26). The number of fused-ring (bicyclic) bond motifs is 1. The van der Waals surface area contributed by atoms with E-state index in [9.17, 15) is 14.4 Å². The molecule has 1 aromatic rings. The zero-order valence-corrected chi connectivity index (χ0v) is 15.6. The molecule has 2 saturated heterocycles. The summed E-state index contributed by atoms with van der Waals surface area (Å²) in [6.07, 6.45) is 2.91. The van der Waals surface area contributed by atoms with Crippen LogP contribution < -0.4 is 16.0 Å². The Morgan fingerprint density at radius 3 is 2.85 bits per heavy atom. The monoisotopic (exact) mass is 370 g/mol. The van der Waals surface area contributed by atoms with Gasteiger partial charge in [0, 0.05) is 37.2 Å².